The van der Waals surface area contributed by atoms with Crippen LogP contribution in [0.5, 0.6) is 0 Å². The number of aromatic nitrogens is 3. The van der Waals surface area contributed by atoms with Crippen molar-refractivity contribution in [1.82, 2.24) is 14.8 Å². The molecule has 41 heavy (non-hydrogen) atoms. The van der Waals surface area contributed by atoms with Crippen molar-refractivity contribution in [3.05, 3.63) is 114 Å². The van der Waals surface area contributed by atoms with E-state index in [-0.39, 0.29) is 17.4 Å². The summed E-state index contributed by atoms with van der Waals surface area (Å²) in [5.41, 5.74) is -1.84. The van der Waals surface area contributed by atoms with Crippen LogP contribution in [0.15, 0.2) is 85.5 Å². The Morgan fingerprint density at radius 2 is 1.76 bits per heavy atom. The zero-order chi connectivity index (χ0) is 29.5. The number of allylic oxidation sites excluding steroid dienone is 4. The van der Waals surface area contributed by atoms with Crippen molar-refractivity contribution in [3.8, 4) is 0 Å². The van der Waals surface area contributed by atoms with Crippen LogP contribution in [0.3, 0.4) is 0 Å². The van der Waals surface area contributed by atoms with Crippen molar-refractivity contribution in [2.45, 2.75) is 42.0 Å². The van der Waals surface area contributed by atoms with Gasteiger partial charge in [0.2, 0.25) is 0 Å². The van der Waals surface area contributed by atoms with Crippen LogP contribution < -0.4 is 0 Å². The van der Waals surface area contributed by atoms with Crippen molar-refractivity contribution in [1.29, 1.82) is 0 Å². The molecule has 1 saturated heterocycles. The summed E-state index contributed by atoms with van der Waals surface area (Å²) in [6, 6.07) is 7.94. The van der Waals surface area contributed by atoms with Crippen LogP contribution in [0.4, 0.5) is 22.0 Å². The van der Waals surface area contributed by atoms with Crippen LogP contribution in [0.25, 0.3) is 6.08 Å². The van der Waals surface area contributed by atoms with Gasteiger partial charge < -0.3 is 14.6 Å². The minimum Gasteiger partial charge on any atom is -0.382 e. The van der Waals surface area contributed by atoms with Crippen molar-refractivity contribution < 1.29 is 36.5 Å². The minimum absolute atomic E-state index is 0.0491. The van der Waals surface area contributed by atoms with E-state index in [0.29, 0.717) is 18.8 Å². The summed E-state index contributed by atoms with van der Waals surface area (Å²) in [6.45, 7) is 2.28. The normalized spacial score (nSPS) is 20.7. The predicted octanol–water partition coefficient (Wildman–Crippen LogP) is 6.15. The van der Waals surface area contributed by atoms with Gasteiger partial charge in [-0.2, -0.15) is 18.3 Å². The molecule has 0 amide bonds. The molecule has 2 atom stereocenters. The Morgan fingerprint density at radius 1 is 1.05 bits per heavy atom. The first-order chi connectivity index (χ1) is 19.5. The Kier molecular flexibility index (Phi) is 10.1. The quantitative estimate of drug-likeness (QED) is 0.225. The second-order valence-electron chi connectivity index (χ2n) is 9.33. The minimum atomic E-state index is -4.36. The zero-order valence-electron chi connectivity index (χ0n) is 21.9. The number of rotatable bonds is 10. The SMILES string of the molecule is C[C@@H](SC1COC(C=CC=CC=Cc2ccc(C(F)(F)F)cc2)OC1)[C@](O)(Cn1cncn1)c1ccc(F)cc1F. The maximum atomic E-state index is 14.7. The third kappa shape index (κ3) is 8.35. The highest BCUT2D eigenvalue weighted by molar-refractivity contribution is 8.00. The first-order valence-corrected chi connectivity index (χ1v) is 13.6. The summed E-state index contributed by atoms with van der Waals surface area (Å²) in [5.74, 6) is -1.60. The number of hydrogen-bond acceptors (Lipinski definition) is 6. The van der Waals surface area contributed by atoms with E-state index in [9.17, 15) is 27.1 Å². The fourth-order valence-electron chi connectivity index (χ4n) is 4.16. The standard InChI is InChI=1S/C29H28F5N3O3S/c1-20(28(38,17-37-19-35-18-36-37)25-13-12-23(30)14-26(25)31)41-24-15-39-27(40-16-24)7-5-3-2-4-6-21-8-10-22(11-9-21)29(32,33)34/h2-14,18-20,24,27,38H,15-17H2,1H3/t20-,24?,27?,28-/m1/s1. The highest BCUT2D eigenvalue weighted by atomic mass is 32.2. The molecule has 1 fully saturated rings. The summed E-state index contributed by atoms with van der Waals surface area (Å²) in [4.78, 5) is 3.88. The van der Waals surface area contributed by atoms with Gasteiger partial charge in [-0.25, -0.2) is 18.4 Å². The second-order valence-corrected chi connectivity index (χ2v) is 11.0. The monoisotopic (exact) mass is 593 g/mol. The summed E-state index contributed by atoms with van der Waals surface area (Å²) in [7, 11) is 0. The van der Waals surface area contributed by atoms with E-state index < -0.39 is 40.5 Å². The highest BCUT2D eigenvalue weighted by Crippen LogP contribution is 2.38. The molecule has 12 heteroatoms. The van der Waals surface area contributed by atoms with Gasteiger partial charge in [0.05, 0.1) is 30.6 Å². The lowest BCUT2D eigenvalue weighted by molar-refractivity contribution is -0.146. The number of thioether (sulfide) groups is 1. The van der Waals surface area contributed by atoms with Gasteiger partial charge in [0.1, 0.15) is 29.9 Å². The van der Waals surface area contributed by atoms with Crippen LogP contribution in [0.1, 0.15) is 23.6 Å². The Balaban J connectivity index is 1.29. The molecule has 0 unspecified atom stereocenters. The zero-order valence-corrected chi connectivity index (χ0v) is 22.7. The molecule has 4 rings (SSSR count). The summed E-state index contributed by atoms with van der Waals surface area (Å²) in [5, 5.41) is 15.0. The van der Waals surface area contributed by atoms with Crippen LogP contribution in [0.2, 0.25) is 0 Å². The molecule has 1 aromatic heterocycles. The van der Waals surface area contributed by atoms with E-state index in [4.69, 9.17) is 9.47 Å². The predicted molar refractivity (Wildman–Crippen MR) is 146 cm³/mol. The molecule has 6 nitrogen and oxygen atoms in total. The Morgan fingerprint density at radius 3 is 2.39 bits per heavy atom. The third-order valence-electron chi connectivity index (χ3n) is 6.36. The average molecular weight is 594 g/mol. The molecule has 0 bridgehead atoms. The molecule has 2 aromatic carbocycles. The number of halogens is 5. The van der Waals surface area contributed by atoms with Gasteiger partial charge in [0.15, 0.2) is 6.29 Å². The van der Waals surface area contributed by atoms with Gasteiger partial charge in [-0.1, -0.05) is 55.5 Å². The maximum Gasteiger partial charge on any atom is 0.416 e. The highest BCUT2D eigenvalue weighted by Gasteiger charge is 2.41. The van der Waals surface area contributed by atoms with E-state index in [1.807, 2.05) is 0 Å². The van der Waals surface area contributed by atoms with Crippen molar-refractivity contribution in [3.63, 3.8) is 0 Å². The van der Waals surface area contributed by atoms with E-state index >= 15 is 0 Å². The molecule has 3 aromatic rings. The van der Waals surface area contributed by atoms with E-state index in [1.54, 1.807) is 43.4 Å². The summed E-state index contributed by atoms with van der Waals surface area (Å²) < 4.78 is 79.1. The van der Waals surface area contributed by atoms with Crippen LogP contribution >= 0.6 is 11.8 Å². The molecule has 1 N–H and O–H groups in total. The maximum absolute atomic E-state index is 14.7. The molecule has 0 saturated carbocycles. The topological polar surface area (TPSA) is 69.4 Å². The first-order valence-electron chi connectivity index (χ1n) is 12.6. The lowest BCUT2D eigenvalue weighted by atomic mass is 9.90. The Hall–Kier alpha value is -3.32. The Labute approximate surface area is 238 Å². The Bertz CT molecular complexity index is 1360. The smallest absolute Gasteiger partial charge is 0.382 e. The molecular weight excluding hydrogens is 565 g/mol. The second kappa shape index (κ2) is 13.6. The summed E-state index contributed by atoms with van der Waals surface area (Å²) >= 11 is 1.36. The summed E-state index contributed by atoms with van der Waals surface area (Å²) in [6.07, 6.45) is 8.05. The fraction of sp³-hybridized carbons (Fsp3) is 0.310. The van der Waals surface area contributed by atoms with Crippen molar-refractivity contribution in [2.24, 2.45) is 0 Å². The number of aliphatic hydroxyl groups is 1. The van der Waals surface area contributed by atoms with Gasteiger partial charge >= 0.3 is 6.18 Å². The van der Waals surface area contributed by atoms with Crippen LogP contribution in [0, 0.1) is 11.6 Å². The number of benzene rings is 2. The molecule has 1 aliphatic heterocycles. The molecular formula is C29H28F5N3O3S. The molecule has 0 aliphatic carbocycles. The first kappa shape index (κ1) is 30.6. The van der Waals surface area contributed by atoms with Crippen LogP contribution in [-0.2, 0) is 27.8 Å². The van der Waals surface area contributed by atoms with Crippen molar-refractivity contribution >= 4 is 17.8 Å². The molecule has 2 heterocycles. The average Bonchev–Trinajstić information content (AvgIpc) is 3.44. The number of ether oxygens (including phenoxy) is 2. The van der Waals surface area contributed by atoms with Gasteiger partial charge in [0.25, 0.3) is 0 Å². The van der Waals surface area contributed by atoms with E-state index in [0.717, 1.165) is 24.3 Å². The molecule has 0 radical (unpaired) electrons. The van der Waals surface area contributed by atoms with Gasteiger partial charge in [0, 0.05) is 16.9 Å². The molecule has 0 spiro atoms. The lowest BCUT2D eigenvalue weighted by Crippen LogP contribution is -2.43. The lowest BCUT2D eigenvalue weighted by Gasteiger charge is -2.37. The number of alkyl halides is 3. The van der Waals surface area contributed by atoms with E-state index in [1.165, 1.54) is 47.3 Å². The number of nitrogens with zero attached hydrogens (tertiary/aromatic N) is 3. The van der Waals surface area contributed by atoms with Crippen LogP contribution in [-0.4, -0.2) is 49.9 Å². The van der Waals surface area contributed by atoms with Crippen molar-refractivity contribution in [2.75, 3.05) is 13.2 Å². The van der Waals surface area contributed by atoms with Gasteiger partial charge in [-0.05, 0) is 29.8 Å². The third-order valence-corrected chi connectivity index (χ3v) is 7.81. The fourth-order valence-corrected chi connectivity index (χ4v) is 5.48. The van der Waals surface area contributed by atoms with Gasteiger partial charge in [-0.3, -0.25) is 0 Å². The molecule has 218 valence electrons. The molecule has 1 aliphatic rings. The van der Waals surface area contributed by atoms with E-state index in [2.05, 4.69) is 10.1 Å². The number of hydrogen-bond donors (Lipinski definition) is 1. The van der Waals surface area contributed by atoms with Gasteiger partial charge in [-0.15, -0.1) is 11.8 Å². The largest absolute Gasteiger partial charge is 0.416 e.